The number of piperazine rings is 1. The van der Waals surface area contributed by atoms with Crippen LogP contribution in [0.15, 0.2) is 29.2 Å². The minimum absolute atomic E-state index is 0.0900. The first-order valence-corrected chi connectivity index (χ1v) is 9.71. The second-order valence-electron chi connectivity index (χ2n) is 6.23. The van der Waals surface area contributed by atoms with Crippen LogP contribution in [0.1, 0.15) is 18.4 Å². The molecule has 6 heteroatoms. The Morgan fingerprint density at radius 1 is 1.12 bits per heavy atom. The Morgan fingerprint density at radius 3 is 2.38 bits per heavy atom. The van der Waals surface area contributed by atoms with Gasteiger partial charge in [0.15, 0.2) is 0 Å². The van der Waals surface area contributed by atoms with Crippen molar-refractivity contribution < 1.29 is 14.3 Å². The number of hydrogen-bond donors (Lipinski definition) is 0. The topological polar surface area (TPSA) is 49.9 Å². The first-order valence-electron chi connectivity index (χ1n) is 8.48. The fourth-order valence-electron chi connectivity index (χ4n) is 3.18. The molecule has 1 unspecified atom stereocenters. The van der Waals surface area contributed by atoms with E-state index in [1.165, 1.54) is 4.90 Å². The van der Waals surface area contributed by atoms with Crippen LogP contribution in [0.3, 0.4) is 0 Å². The zero-order valence-electron chi connectivity index (χ0n) is 14.1. The normalized spacial score (nSPS) is 21.1. The number of benzene rings is 1. The molecule has 2 fully saturated rings. The van der Waals surface area contributed by atoms with Crippen molar-refractivity contribution in [1.29, 1.82) is 0 Å². The summed E-state index contributed by atoms with van der Waals surface area (Å²) in [5.41, 5.74) is 1.04. The van der Waals surface area contributed by atoms with Gasteiger partial charge in [0.25, 0.3) is 5.91 Å². The highest BCUT2D eigenvalue weighted by Crippen LogP contribution is 2.17. The predicted octanol–water partition coefficient (Wildman–Crippen LogP) is 1.80. The number of hydrogen-bond acceptors (Lipinski definition) is 4. The van der Waals surface area contributed by atoms with E-state index in [2.05, 4.69) is 0 Å². The molecule has 1 aromatic rings. The van der Waals surface area contributed by atoms with Crippen LogP contribution < -0.4 is 0 Å². The standard InChI is InChI=1S/C18H24N2O3S/c1-24-15-6-4-14(5-7-15)13-17(21)19-8-10-20(11-9-19)18(22)16-3-2-12-23-16/h4-7,16H,2-3,8-13H2,1H3. The lowest BCUT2D eigenvalue weighted by molar-refractivity contribution is -0.145. The molecular formula is C18H24N2O3S. The molecular weight excluding hydrogens is 324 g/mol. The first kappa shape index (κ1) is 17.3. The van der Waals surface area contributed by atoms with Crippen LogP contribution in [0.4, 0.5) is 0 Å². The second-order valence-corrected chi connectivity index (χ2v) is 7.11. The van der Waals surface area contributed by atoms with Crippen LogP contribution in [0.5, 0.6) is 0 Å². The first-order chi connectivity index (χ1) is 11.7. The number of carbonyl (C=O) groups excluding carboxylic acids is 2. The van der Waals surface area contributed by atoms with E-state index < -0.39 is 0 Å². The Hall–Kier alpha value is -1.53. The molecule has 1 aromatic carbocycles. The molecule has 0 saturated carbocycles. The van der Waals surface area contributed by atoms with E-state index >= 15 is 0 Å². The third kappa shape index (κ3) is 4.11. The molecule has 0 bridgehead atoms. The molecule has 0 radical (unpaired) electrons. The summed E-state index contributed by atoms with van der Waals surface area (Å²) in [6.45, 7) is 3.12. The van der Waals surface area contributed by atoms with E-state index in [0.717, 1.165) is 18.4 Å². The number of thioether (sulfide) groups is 1. The summed E-state index contributed by atoms with van der Waals surface area (Å²) in [6, 6.07) is 8.12. The van der Waals surface area contributed by atoms with Gasteiger partial charge < -0.3 is 14.5 Å². The van der Waals surface area contributed by atoms with Gasteiger partial charge in [-0.15, -0.1) is 11.8 Å². The highest BCUT2D eigenvalue weighted by atomic mass is 32.2. The summed E-state index contributed by atoms with van der Waals surface area (Å²) in [5.74, 6) is 0.225. The van der Waals surface area contributed by atoms with E-state index in [1.807, 2.05) is 40.3 Å². The van der Waals surface area contributed by atoms with Gasteiger partial charge in [-0.2, -0.15) is 0 Å². The SMILES string of the molecule is CSc1ccc(CC(=O)N2CCN(C(=O)C3CCCO3)CC2)cc1. The van der Waals surface area contributed by atoms with Gasteiger partial charge in [-0.25, -0.2) is 0 Å². The molecule has 0 aliphatic carbocycles. The molecule has 0 aromatic heterocycles. The minimum atomic E-state index is -0.262. The van der Waals surface area contributed by atoms with E-state index in [0.29, 0.717) is 39.2 Å². The van der Waals surface area contributed by atoms with Gasteiger partial charge in [-0.3, -0.25) is 9.59 Å². The molecule has 24 heavy (non-hydrogen) atoms. The fourth-order valence-corrected chi connectivity index (χ4v) is 3.59. The number of ether oxygens (including phenoxy) is 1. The van der Waals surface area contributed by atoms with Crippen molar-refractivity contribution in [2.24, 2.45) is 0 Å². The minimum Gasteiger partial charge on any atom is -0.368 e. The van der Waals surface area contributed by atoms with Crippen LogP contribution in [0.2, 0.25) is 0 Å². The molecule has 0 spiro atoms. The maximum absolute atomic E-state index is 12.4. The lowest BCUT2D eigenvalue weighted by atomic mass is 10.1. The van der Waals surface area contributed by atoms with Gasteiger partial charge in [-0.1, -0.05) is 12.1 Å². The van der Waals surface area contributed by atoms with Crippen molar-refractivity contribution in [2.75, 3.05) is 39.0 Å². The number of carbonyl (C=O) groups is 2. The van der Waals surface area contributed by atoms with Crippen molar-refractivity contribution >= 4 is 23.6 Å². The monoisotopic (exact) mass is 348 g/mol. The smallest absolute Gasteiger partial charge is 0.251 e. The molecule has 2 aliphatic heterocycles. The van der Waals surface area contributed by atoms with Crippen molar-refractivity contribution in [2.45, 2.75) is 30.3 Å². The zero-order valence-corrected chi connectivity index (χ0v) is 14.9. The van der Waals surface area contributed by atoms with Crippen LogP contribution >= 0.6 is 11.8 Å². The van der Waals surface area contributed by atoms with E-state index in [4.69, 9.17) is 4.74 Å². The van der Waals surface area contributed by atoms with Gasteiger partial charge in [0.1, 0.15) is 6.10 Å². The van der Waals surface area contributed by atoms with Crippen LogP contribution in [-0.2, 0) is 20.7 Å². The summed E-state index contributed by atoms with van der Waals surface area (Å²) < 4.78 is 5.47. The fraction of sp³-hybridized carbons (Fsp3) is 0.556. The summed E-state index contributed by atoms with van der Waals surface area (Å²) in [5, 5.41) is 0. The molecule has 2 heterocycles. The van der Waals surface area contributed by atoms with Gasteiger partial charge in [0, 0.05) is 37.7 Å². The Kier molecular flexibility index (Phi) is 5.79. The molecule has 0 N–H and O–H groups in total. The molecule has 2 aliphatic rings. The highest BCUT2D eigenvalue weighted by molar-refractivity contribution is 7.98. The Bertz CT molecular complexity index is 576. The largest absolute Gasteiger partial charge is 0.368 e. The predicted molar refractivity (Wildman–Crippen MR) is 94.1 cm³/mol. The van der Waals surface area contributed by atoms with Crippen molar-refractivity contribution in [1.82, 2.24) is 9.80 Å². The highest BCUT2D eigenvalue weighted by Gasteiger charge is 2.31. The van der Waals surface area contributed by atoms with Gasteiger partial charge in [-0.05, 0) is 36.8 Å². The van der Waals surface area contributed by atoms with Gasteiger partial charge in [0.05, 0.1) is 6.42 Å². The summed E-state index contributed by atoms with van der Waals surface area (Å²) in [7, 11) is 0. The van der Waals surface area contributed by atoms with Crippen molar-refractivity contribution in [3.8, 4) is 0 Å². The van der Waals surface area contributed by atoms with Crippen LogP contribution in [0, 0.1) is 0 Å². The summed E-state index contributed by atoms with van der Waals surface area (Å²) in [4.78, 5) is 29.7. The van der Waals surface area contributed by atoms with E-state index in [-0.39, 0.29) is 17.9 Å². The van der Waals surface area contributed by atoms with Crippen LogP contribution in [0.25, 0.3) is 0 Å². The lowest BCUT2D eigenvalue weighted by Crippen LogP contribution is -2.53. The Morgan fingerprint density at radius 2 is 1.79 bits per heavy atom. The molecule has 2 saturated heterocycles. The maximum atomic E-state index is 12.4. The zero-order chi connectivity index (χ0) is 16.9. The third-order valence-corrected chi connectivity index (χ3v) is 5.41. The Balaban J connectivity index is 1.48. The number of rotatable bonds is 4. The van der Waals surface area contributed by atoms with Crippen LogP contribution in [-0.4, -0.2) is 66.8 Å². The van der Waals surface area contributed by atoms with Gasteiger partial charge in [0.2, 0.25) is 5.91 Å². The summed E-state index contributed by atoms with van der Waals surface area (Å²) in [6.07, 6.45) is 3.99. The Labute approximate surface area is 147 Å². The summed E-state index contributed by atoms with van der Waals surface area (Å²) >= 11 is 1.69. The average molecular weight is 348 g/mol. The second kappa shape index (κ2) is 8.03. The molecule has 130 valence electrons. The number of nitrogens with zero attached hydrogens (tertiary/aromatic N) is 2. The van der Waals surface area contributed by atoms with Gasteiger partial charge >= 0.3 is 0 Å². The lowest BCUT2D eigenvalue weighted by Gasteiger charge is -2.35. The van der Waals surface area contributed by atoms with Crippen molar-refractivity contribution in [3.05, 3.63) is 29.8 Å². The number of amides is 2. The van der Waals surface area contributed by atoms with E-state index in [1.54, 1.807) is 11.8 Å². The average Bonchev–Trinajstić information content (AvgIpc) is 3.16. The third-order valence-electron chi connectivity index (χ3n) is 4.66. The molecule has 5 nitrogen and oxygen atoms in total. The molecule has 3 rings (SSSR count). The maximum Gasteiger partial charge on any atom is 0.251 e. The van der Waals surface area contributed by atoms with Crippen molar-refractivity contribution in [3.63, 3.8) is 0 Å². The quantitative estimate of drug-likeness (QED) is 0.779. The molecule has 1 atom stereocenters. The van der Waals surface area contributed by atoms with E-state index in [9.17, 15) is 9.59 Å². The molecule has 2 amide bonds.